The highest BCUT2D eigenvalue weighted by Crippen LogP contribution is 2.35. The quantitative estimate of drug-likeness (QED) is 0.438. The largest absolute Gasteiger partial charge is 0.469 e. The van der Waals surface area contributed by atoms with E-state index in [-0.39, 0.29) is 5.97 Å². The Labute approximate surface area is 181 Å². The maximum absolute atomic E-state index is 11.9. The lowest BCUT2D eigenvalue weighted by Crippen LogP contribution is -2.22. The van der Waals surface area contributed by atoms with Crippen molar-refractivity contribution < 1.29 is 19.0 Å². The Morgan fingerprint density at radius 2 is 2.00 bits per heavy atom. The van der Waals surface area contributed by atoms with Gasteiger partial charge in [-0.2, -0.15) is 0 Å². The molecule has 0 saturated heterocycles. The number of rotatable bonds is 8. The molecule has 0 saturated carbocycles. The molecule has 1 N–H and O–H groups in total. The van der Waals surface area contributed by atoms with Crippen molar-refractivity contribution in [2.75, 3.05) is 19.5 Å². The number of anilines is 2. The molecule has 9 heteroatoms. The number of carbonyl (C=O) groups excluding carboxylic acids is 1. The van der Waals surface area contributed by atoms with Crippen molar-refractivity contribution in [1.29, 1.82) is 0 Å². The predicted molar refractivity (Wildman–Crippen MR) is 115 cm³/mol. The second-order valence-electron chi connectivity index (χ2n) is 6.09. The van der Waals surface area contributed by atoms with Crippen LogP contribution >= 0.6 is 27.3 Å². The fourth-order valence-electron chi connectivity index (χ4n) is 2.67. The van der Waals surface area contributed by atoms with E-state index in [4.69, 9.17) is 14.2 Å². The van der Waals surface area contributed by atoms with E-state index in [1.807, 2.05) is 41.8 Å². The van der Waals surface area contributed by atoms with Crippen molar-refractivity contribution >= 4 is 44.2 Å². The summed E-state index contributed by atoms with van der Waals surface area (Å²) in [4.78, 5) is 20.8. The number of nitrogens with zero attached hydrogens (tertiary/aromatic N) is 2. The lowest BCUT2D eigenvalue weighted by atomic mass is 10.0. The molecule has 2 unspecified atom stereocenters. The number of hydrogen-bond acceptors (Lipinski definition) is 8. The second kappa shape index (κ2) is 9.82. The van der Waals surface area contributed by atoms with E-state index >= 15 is 0 Å². The third kappa shape index (κ3) is 5.31. The highest BCUT2D eigenvalue weighted by molar-refractivity contribution is 9.10. The van der Waals surface area contributed by atoms with Gasteiger partial charge < -0.3 is 19.5 Å². The minimum Gasteiger partial charge on any atom is -0.469 e. The average molecular weight is 478 g/mol. The number of ether oxygens (including phenoxy) is 3. The summed E-state index contributed by atoms with van der Waals surface area (Å²) >= 11 is 4.80. The molecule has 3 rings (SSSR count). The SMILES string of the molecule is COC(=O)C(C)C(OC)c1csc(Nc2ncc(Br)cc2Oc2ccccc2)n1. The van der Waals surface area contributed by atoms with Crippen LogP contribution in [0.25, 0.3) is 0 Å². The van der Waals surface area contributed by atoms with Crippen LogP contribution < -0.4 is 10.1 Å². The average Bonchev–Trinajstić information content (AvgIpc) is 3.18. The minimum atomic E-state index is -0.507. The molecule has 0 fully saturated rings. The number of methoxy groups -OCH3 is 2. The van der Waals surface area contributed by atoms with Crippen molar-refractivity contribution in [1.82, 2.24) is 9.97 Å². The number of benzene rings is 1. The first-order valence-corrected chi connectivity index (χ1v) is 10.4. The van der Waals surface area contributed by atoms with Gasteiger partial charge in [-0.1, -0.05) is 18.2 Å². The summed E-state index contributed by atoms with van der Waals surface area (Å²) in [5.74, 6) is 0.929. The van der Waals surface area contributed by atoms with Crippen molar-refractivity contribution in [3.63, 3.8) is 0 Å². The molecule has 152 valence electrons. The van der Waals surface area contributed by atoms with E-state index in [0.29, 0.717) is 28.1 Å². The van der Waals surface area contributed by atoms with Crippen LogP contribution in [0.3, 0.4) is 0 Å². The van der Waals surface area contributed by atoms with E-state index < -0.39 is 12.0 Å². The molecule has 0 bridgehead atoms. The molecule has 2 heterocycles. The van der Waals surface area contributed by atoms with Crippen molar-refractivity contribution in [2.45, 2.75) is 13.0 Å². The third-order valence-corrected chi connectivity index (χ3v) is 5.32. The molecule has 2 atom stereocenters. The molecular formula is C20H20BrN3O4S. The summed E-state index contributed by atoms with van der Waals surface area (Å²) in [7, 11) is 2.89. The highest BCUT2D eigenvalue weighted by atomic mass is 79.9. The van der Waals surface area contributed by atoms with Gasteiger partial charge in [0.25, 0.3) is 0 Å². The van der Waals surface area contributed by atoms with Gasteiger partial charge in [0.1, 0.15) is 11.9 Å². The van der Waals surface area contributed by atoms with Crippen LogP contribution in [0.1, 0.15) is 18.7 Å². The molecule has 0 radical (unpaired) electrons. The van der Waals surface area contributed by atoms with Gasteiger partial charge in [0.2, 0.25) is 0 Å². The lowest BCUT2D eigenvalue weighted by molar-refractivity contribution is -0.149. The first kappa shape index (κ1) is 21.2. The van der Waals surface area contributed by atoms with Gasteiger partial charge in [0.15, 0.2) is 16.7 Å². The van der Waals surface area contributed by atoms with Crippen LogP contribution in [0.4, 0.5) is 10.9 Å². The molecule has 0 aliphatic carbocycles. The third-order valence-electron chi connectivity index (χ3n) is 4.11. The smallest absolute Gasteiger partial charge is 0.311 e. The summed E-state index contributed by atoms with van der Waals surface area (Å²) in [6.45, 7) is 1.74. The standard InChI is InChI=1S/C20H20BrN3O4S/c1-12(19(25)27-3)17(26-2)15-11-29-20(23-15)24-18-16(9-13(21)10-22-18)28-14-7-5-4-6-8-14/h4-12,17H,1-3H3,(H,22,23,24). The first-order valence-electron chi connectivity index (χ1n) is 8.73. The zero-order chi connectivity index (χ0) is 20.8. The molecule has 0 aliphatic heterocycles. The van der Waals surface area contributed by atoms with Gasteiger partial charge in [0, 0.05) is 29.2 Å². The molecule has 1 aromatic carbocycles. The normalized spacial score (nSPS) is 12.8. The van der Waals surface area contributed by atoms with Gasteiger partial charge >= 0.3 is 5.97 Å². The van der Waals surface area contributed by atoms with Gasteiger partial charge in [0.05, 0.1) is 18.7 Å². The number of carbonyl (C=O) groups is 1. The van der Waals surface area contributed by atoms with Crippen LogP contribution in [0, 0.1) is 5.92 Å². The van der Waals surface area contributed by atoms with Crippen molar-refractivity contribution in [3.05, 3.63) is 58.1 Å². The molecule has 0 aliphatic rings. The summed E-state index contributed by atoms with van der Waals surface area (Å²) < 4.78 is 17.0. The Bertz CT molecular complexity index is 967. The Balaban J connectivity index is 1.81. The molecule has 7 nitrogen and oxygen atoms in total. The van der Waals surface area contributed by atoms with Gasteiger partial charge in [-0.05, 0) is 35.0 Å². The van der Waals surface area contributed by atoms with Crippen LogP contribution in [0.2, 0.25) is 0 Å². The van der Waals surface area contributed by atoms with Crippen LogP contribution in [-0.2, 0) is 14.3 Å². The maximum Gasteiger partial charge on any atom is 0.311 e. The van der Waals surface area contributed by atoms with E-state index in [1.54, 1.807) is 20.2 Å². The number of pyridine rings is 1. The highest BCUT2D eigenvalue weighted by Gasteiger charge is 2.28. The fourth-order valence-corrected chi connectivity index (χ4v) is 3.72. The summed E-state index contributed by atoms with van der Waals surface area (Å²) in [6.07, 6.45) is 1.17. The maximum atomic E-state index is 11.9. The molecule has 2 aromatic heterocycles. The molecule has 0 spiro atoms. The first-order chi connectivity index (χ1) is 14.0. The van der Waals surface area contributed by atoms with Crippen LogP contribution in [0.15, 0.2) is 52.4 Å². The number of hydrogen-bond donors (Lipinski definition) is 1. The van der Waals surface area contributed by atoms with Gasteiger partial charge in [-0.25, -0.2) is 9.97 Å². The number of thiazole rings is 1. The summed E-state index contributed by atoms with van der Waals surface area (Å²) in [6, 6.07) is 11.3. The van der Waals surface area contributed by atoms with E-state index in [9.17, 15) is 4.79 Å². The number of nitrogens with one attached hydrogen (secondary N) is 1. The van der Waals surface area contributed by atoms with E-state index in [1.165, 1.54) is 18.4 Å². The van der Waals surface area contributed by atoms with Crippen molar-refractivity contribution in [2.24, 2.45) is 5.92 Å². The fraction of sp³-hybridized carbons (Fsp3) is 0.250. The Morgan fingerprint density at radius 3 is 2.69 bits per heavy atom. The number of aromatic nitrogens is 2. The zero-order valence-electron chi connectivity index (χ0n) is 16.1. The van der Waals surface area contributed by atoms with E-state index in [2.05, 4.69) is 31.2 Å². The Kier molecular flexibility index (Phi) is 7.18. The summed E-state index contributed by atoms with van der Waals surface area (Å²) in [5, 5.41) is 5.62. The minimum absolute atomic E-state index is 0.354. The van der Waals surface area contributed by atoms with E-state index in [0.717, 1.165) is 4.47 Å². The Hall–Kier alpha value is -2.49. The van der Waals surface area contributed by atoms with Crippen LogP contribution in [-0.4, -0.2) is 30.2 Å². The van der Waals surface area contributed by atoms with Gasteiger partial charge in [-0.15, -0.1) is 11.3 Å². The molecule has 29 heavy (non-hydrogen) atoms. The zero-order valence-corrected chi connectivity index (χ0v) is 18.5. The predicted octanol–water partition coefficient (Wildman–Crippen LogP) is 5.33. The number of para-hydroxylation sites is 1. The van der Waals surface area contributed by atoms with Gasteiger partial charge in [-0.3, -0.25) is 4.79 Å². The molecule has 3 aromatic rings. The molecule has 0 amide bonds. The summed E-state index contributed by atoms with van der Waals surface area (Å²) in [5.41, 5.74) is 0.639. The topological polar surface area (TPSA) is 82.6 Å². The lowest BCUT2D eigenvalue weighted by Gasteiger charge is -2.18. The monoisotopic (exact) mass is 477 g/mol. The number of esters is 1. The second-order valence-corrected chi connectivity index (χ2v) is 7.86. The van der Waals surface area contributed by atoms with Crippen molar-refractivity contribution in [3.8, 4) is 11.5 Å². The Morgan fingerprint density at radius 1 is 1.24 bits per heavy atom. The molecular weight excluding hydrogens is 458 g/mol. The van der Waals surface area contributed by atoms with Crippen LogP contribution in [0.5, 0.6) is 11.5 Å². The number of halogens is 1.